The van der Waals surface area contributed by atoms with Gasteiger partial charge in [0.2, 0.25) is 0 Å². The first-order valence-corrected chi connectivity index (χ1v) is 1.44. The Labute approximate surface area is 78.8 Å². The van der Waals surface area contributed by atoms with E-state index in [0.717, 1.165) is 0 Å². The minimum atomic E-state index is 0. The van der Waals surface area contributed by atoms with E-state index in [9.17, 15) is 0 Å². The van der Waals surface area contributed by atoms with Gasteiger partial charge in [-0.05, 0) is 0 Å². The number of carbonyl (C=O) groups excluding carboxylic acids is 5. The second-order valence-electron chi connectivity index (χ2n) is 0. The summed E-state index contributed by atoms with van der Waals surface area (Å²) in [5.74, 6) is 0. The quantitative estimate of drug-likeness (QED) is 0.571. The fraction of sp³-hybridized carbons (Fsp3) is 0. The van der Waals surface area contributed by atoms with Crippen molar-refractivity contribution < 1.29 is 44.4 Å². The molecule has 0 atom stereocenters. The van der Waals surface area contributed by atoms with Crippen LogP contribution in [-0.2, 0) is 44.4 Å². The zero-order chi connectivity index (χ0) is 10.0. The van der Waals surface area contributed by atoms with Crippen LogP contribution in [0, 0.1) is 0 Å². The molecule has 0 aromatic carbocycles. The number of hydrogen-bond acceptors (Lipinski definition) is 5. The SMILES string of the molecule is C=O.C=O.C=O.C=O.C=O.[Re]. The summed E-state index contributed by atoms with van der Waals surface area (Å²) in [7, 11) is 0. The van der Waals surface area contributed by atoms with E-state index in [1.807, 2.05) is 33.9 Å². The smallest absolute Gasteiger partial charge is 0.106 e. The minimum Gasteiger partial charge on any atom is -0.307 e. The molecule has 0 amide bonds. The summed E-state index contributed by atoms with van der Waals surface area (Å²) in [5.41, 5.74) is 0. The summed E-state index contributed by atoms with van der Waals surface area (Å²) in [6.45, 7) is 10.0. The monoisotopic (exact) mass is 337 g/mol. The summed E-state index contributed by atoms with van der Waals surface area (Å²) in [5, 5.41) is 0. The molecular weight excluding hydrogens is 326 g/mol. The van der Waals surface area contributed by atoms with E-state index >= 15 is 0 Å². The molecule has 0 aliphatic rings. The first-order valence-electron chi connectivity index (χ1n) is 1.44. The van der Waals surface area contributed by atoms with Crippen LogP contribution in [0.5, 0.6) is 0 Å². The molecular formula is C5H10O5Re. The van der Waals surface area contributed by atoms with Crippen molar-refractivity contribution >= 4 is 33.9 Å². The van der Waals surface area contributed by atoms with Gasteiger partial charge in [-0.1, -0.05) is 0 Å². The van der Waals surface area contributed by atoms with Gasteiger partial charge in [-0.2, -0.15) is 0 Å². The Morgan fingerprint density at radius 2 is 0.364 bits per heavy atom. The van der Waals surface area contributed by atoms with Gasteiger partial charge in [-0.3, -0.25) is 0 Å². The average molecular weight is 336 g/mol. The molecule has 0 fully saturated rings. The van der Waals surface area contributed by atoms with Gasteiger partial charge in [-0.15, -0.1) is 0 Å². The molecule has 67 valence electrons. The molecule has 0 unspecified atom stereocenters. The van der Waals surface area contributed by atoms with Gasteiger partial charge in [0, 0.05) is 20.4 Å². The third kappa shape index (κ3) is 454. The maximum absolute atomic E-state index is 8.00. The van der Waals surface area contributed by atoms with Crippen LogP contribution in [0.15, 0.2) is 0 Å². The first-order chi connectivity index (χ1) is 5.00. The van der Waals surface area contributed by atoms with Crippen LogP contribution in [0.1, 0.15) is 0 Å². The normalized spacial score (nSPS) is 1.82. The van der Waals surface area contributed by atoms with Crippen LogP contribution in [0.2, 0.25) is 0 Å². The Kier molecular flexibility index (Phi) is 2720. The van der Waals surface area contributed by atoms with E-state index < -0.39 is 0 Å². The molecule has 0 aromatic heterocycles. The Hall–Kier alpha value is -0.988. The van der Waals surface area contributed by atoms with Crippen LogP contribution in [0.4, 0.5) is 0 Å². The third-order valence-corrected chi connectivity index (χ3v) is 0. The summed E-state index contributed by atoms with van der Waals surface area (Å²) >= 11 is 0. The van der Waals surface area contributed by atoms with E-state index in [4.69, 9.17) is 24.0 Å². The van der Waals surface area contributed by atoms with Gasteiger partial charge in [-0.25, -0.2) is 0 Å². The first kappa shape index (κ1) is 50.5. The second-order valence-corrected chi connectivity index (χ2v) is 0. The van der Waals surface area contributed by atoms with E-state index in [-0.39, 0.29) is 20.4 Å². The average Bonchev–Trinajstić information content (AvgIpc) is 2.20. The third-order valence-electron chi connectivity index (χ3n) is 0. The Bertz CT molecular complexity index is 26.4. The van der Waals surface area contributed by atoms with Crippen LogP contribution < -0.4 is 0 Å². The number of rotatable bonds is 0. The molecule has 0 saturated heterocycles. The van der Waals surface area contributed by atoms with Crippen LogP contribution in [0.3, 0.4) is 0 Å². The second kappa shape index (κ2) is 593. The summed E-state index contributed by atoms with van der Waals surface area (Å²) < 4.78 is 0. The van der Waals surface area contributed by atoms with Gasteiger partial charge in [0.05, 0.1) is 0 Å². The largest absolute Gasteiger partial charge is 0.307 e. The zero-order valence-electron chi connectivity index (χ0n) is 5.95. The minimum absolute atomic E-state index is 0. The molecule has 0 aromatic rings. The molecule has 0 N–H and O–H groups in total. The molecule has 11 heavy (non-hydrogen) atoms. The molecule has 0 bridgehead atoms. The topological polar surface area (TPSA) is 85.3 Å². The maximum atomic E-state index is 8.00. The molecule has 0 saturated carbocycles. The molecule has 1 radical (unpaired) electrons. The predicted octanol–water partition coefficient (Wildman–Crippen LogP) is -0.927. The Morgan fingerprint density at radius 1 is 0.364 bits per heavy atom. The van der Waals surface area contributed by atoms with E-state index in [1.165, 1.54) is 0 Å². The summed E-state index contributed by atoms with van der Waals surface area (Å²) in [6, 6.07) is 0. The fourth-order valence-electron chi connectivity index (χ4n) is 0. The van der Waals surface area contributed by atoms with E-state index in [0.29, 0.717) is 0 Å². The zero-order valence-corrected chi connectivity index (χ0v) is 8.67. The van der Waals surface area contributed by atoms with Crippen molar-refractivity contribution in [3.05, 3.63) is 0 Å². The van der Waals surface area contributed by atoms with Crippen molar-refractivity contribution in [1.82, 2.24) is 0 Å². The molecule has 0 aliphatic carbocycles. The van der Waals surface area contributed by atoms with E-state index in [2.05, 4.69) is 0 Å². The van der Waals surface area contributed by atoms with Crippen LogP contribution >= 0.6 is 0 Å². The summed E-state index contributed by atoms with van der Waals surface area (Å²) in [4.78, 5) is 40.0. The van der Waals surface area contributed by atoms with Crippen molar-refractivity contribution in [1.29, 1.82) is 0 Å². The van der Waals surface area contributed by atoms with Crippen molar-refractivity contribution in [2.45, 2.75) is 0 Å². The van der Waals surface area contributed by atoms with Crippen LogP contribution in [-0.4, -0.2) is 33.9 Å². The van der Waals surface area contributed by atoms with Gasteiger partial charge < -0.3 is 24.0 Å². The van der Waals surface area contributed by atoms with Crippen molar-refractivity contribution in [2.75, 3.05) is 0 Å². The maximum Gasteiger partial charge on any atom is 0.106 e. The van der Waals surface area contributed by atoms with Crippen molar-refractivity contribution in [3.8, 4) is 0 Å². The number of hydrogen-bond donors (Lipinski definition) is 0. The fourth-order valence-corrected chi connectivity index (χ4v) is 0. The van der Waals surface area contributed by atoms with Crippen molar-refractivity contribution in [3.63, 3.8) is 0 Å². The molecule has 0 spiro atoms. The van der Waals surface area contributed by atoms with Gasteiger partial charge >= 0.3 is 0 Å². The molecule has 0 aliphatic heterocycles. The van der Waals surface area contributed by atoms with Gasteiger partial charge in [0.15, 0.2) is 0 Å². The van der Waals surface area contributed by atoms with Crippen LogP contribution in [0.25, 0.3) is 0 Å². The van der Waals surface area contributed by atoms with Gasteiger partial charge in [0.25, 0.3) is 0 Å². The summed E-state index contributed by atoms with van der Waals surface area (Å²) in [6.07, 6.45) is 0. The molecule has 5 nitrogen and oxygen atoms in total. The Balaban J connectivity index is -0.00000000694. The van der Waals surface area contributed by atoms with Gasteiger partial charge in [0.1, 0.15) is 33.9 Å². The molecule has 0 heterocycles. The molecule has 6 heteroatoms. The standard InChI is InChI=1S/5CH2O.Re/c5*1-2;/h5*1H2;. The molecule has 0 rings (SSSR count). The predicted molar refractivity (Wildman–Crippen MR) is 35.6 cm³/mol. The Morgan fingerprint density at radius 3 is 0.364 bits per heavy atom. The number of carbonyl (C=O) groups is 5. The van der Waals surface area contributed by atoms with E-state index in [1.54, 1.807) is 0 Å². The van der Waals surface area contributed by atoms with Crippen molar-refractivity contribution in [2.24, 2.45) is 0 Å².